The molecule has 1 amide bonds. The molecule has 0 bridgehead atoms. The number of hydrogen-bond donors (Lipinski definition) is 2. The number of nitrogens with zero attached hydrogens (tertiary/aromatic N) is 4. The number of sulfonamides is 1. The van der Waals surface area contributed by atoms with Gasteiger partial charge < -0.3 is 15.7 Å². The highest BCUT2D eigenvalue weighted by Gasteiger charge is 2.40. The molecule has 6 rings (SSSR count). The zero-order valence-corrected chi connectivity index (χ0v) is 21.6. The van der Waals surface area contributed by atoms with Crippen molar-refractivity contribution in [3.05, 3.63) is 83.6 Å². The Morgan fingerprint density at radius 2 is 1.64 bits per heavy atom. The number of hydrogen-bond acceptors (Lipinski definition) is 7. The Labute approximate surface area is 224 Å². The minimum absolute atomic E-state index is 0.00303. The molecule has 11 heteroatoms. The molecule has 0 spiro atoms. The first-order valence-corrected chi connectivity index (χ1v) is 14.0. The highest BCUT2D eigenvalue weighted by molar-refractivity contribution is 7.89. The van der Waals surface area contributed by atoms with Gasteiger partial charge in [0.25, 0.3) is 5.91 Å². The van der Waals surface area contributed by atoms with Crippen LogP contribution in [-0.2, 0) is 27.9 Å². The molecule has 1 saturated heterocycles. The minimum Gasteiger partial charge on any atom is -0.480 e. The second kappa shape index (κ2) is 9.44. The lowest BCUT2D eigenvalue weighted by Crippen LogP contribution is -2.40. The third-order valence-corrected chi connectivity index (χ3v) is 9.28. The van der Waals surface area contributed by atoms with Crippen LogP contribution in [0.25, 0.3) is 22.0 Å². The van der Waals surface area contributed by atoms with Crippen LogP contribution >= 0.6 is 0 Å². The van der Waals surface area contributed by atoms with E-state index in [9.17, 15) is 23.1 Å². The lowest BCUT2D eigenvalue weighted by atomic mass is 10.0. The maximum atomic E-state index is 13.7. The van der Waals surface area contributed by atoms with Crippen LogP contribution in [0.2, 0.25) is 0 Å². The topological polar surface area (TPSA) is 147 Å². The number of carbonyl (C=O) groups is 2. The summed E-state index contributed by atoms with van der Waals surface area (Å²) in [6.45, 7) is 1.03. The summed E-state index contributed by atoms with van der Waals surface area (Å²) >= 11 is 0. The molecule has 1 aromatic heterocycles. The summed E-state index contributed by atoms with van der Waals surface area (Å²) in [6, 6.07) is 18.3. The third kappa shape index (κ3) is 4.29. The van der Waals surface area contributed by atoms with Crippen LogP contribution in [0, 0.1) is 0 Å². The molecule has 3 heterocycles. The number of benzene rings is 3. The van der Waals surface area contributed by atoms with E-state index in [-0.39, 0.29) is 35.4 Å². The number of rotatable bonds is 5. The second-order valence-corrected chi connectivity index (χ2v) is 11.6. The Balaban J connectivity index is 1.43. The van der Waals surface area contributed by atoms with E-state index >= 15 is 0 Å². The van der Waals surface area contributed by atoms with Crippen molar-refractivity contribution in [3.8, 4) is 11.1 Å². The lowest BCUT2D eigenvalue weighted by molar-refractivity contribution is -0.140. The molecule has 1 atom stereocenters. The van der Waals surface area contributed by atoms with Crippen molar-refractivity contribution in [1.82, 2.24) is 19.2 Å². The molecule has 4 aromatic rings. The van der Waals surface area contributed by atoms with E-state index in [4.69, 9.17) is 5.73 Å². The van der Waals surface area contributed by atoms with Gasteiger partial charge in [-0.25, -0.2) is 18.4 Å². The zero-order valence-electron chi connectivity index (χ0n) is 20.8. The van der Waals surface area contributed by atoms with E-state index in [0.29, 0.717) is 41.5 Å². The first-order valence-electron chi connectivity index (χ1n) is 12.5. The number of aliphatic carboxylic acids is 1. The number of carboxylic acid groups (broad SMARTS) is 1. The Morgan fingerprint density at radius 3 is 2.36 bits per heavy atom. The van der Waals surface area contributed by atoms with Crippen molar-refractivity contribution in [3.63, 3.8) is 0 Å². The van der Waals surface area contributed by atoms with Gasteiger partial charge >= 0.3 is 5.97 Å². The maximum Gasteiger partial charge on any atom is 0.322 e. The smallest absolute Gasteiger partial charge is 0.322 e. The van der Waals surface area contributed by atoms with E-state index in [2.05, 4.69) is 9.97 Å². The van der Waals surface area contributed by atoms with Gasteiger partial charge in [-0.15, -0.1) is 0 Å². The van der Waals surface area contributed by atoms with Crippen LogP contribution in [0.3, 0.4) is 0 Å². The summed E-state index contributed by atoms with van der Waals surface area (Å²) in [5.41, 5.74) is 9.60. The summed E-state index contributed by atoms with van der Waals surface area (Å²) in [7, 11) is -4.12. The molecule has 2 aliphatic rings. The van der Waals surface area contributed by atoms with E-state index in [1.54, 1.807) is 41.3 Å². The van der Waals surface area contributed by atoms with Gasteiger partial charge in [0, 0.05) is 30.6 Å². The Morgan fingerprint density at radius 1 is 0.949 bits per heavy atom. The zero-order chi connectivity index (χ0) is 27.3. The number of aromatic nitrogens is 2. The molecule has 0 unspecified atom stereocenters. The number of nitrogen functional groups attached to an aromatic ring is 1. The molecule has 0 saturated carbocycles. The maximum absolute atomic E-state index is 13.7. The van der Waals surface area contributed by atoms with Crippen LogP contribution < -0.4 is 5.73 Å². The summed E-state index contributed by atoms with van der Waals surface area (Å²) in [4.78, 5) is 35.7. The fraction of sp³-hybridized carbons (Fsp3) is 0.214. The van der Waals surface area contributed by atoms with Gasteiger partial charge in [-0.05, 0) is 47.7 Å². The van der Waals surface area contributed by atoms with E-state index in [0.717, 1.165) is 15.4 Å². The average molecular weight is 544 g/mol. The fourth-order valence-corrected chi connectivity index (χ4v) is 7.30. The van der Waals surface area contributed by atoms with Gasteiger partial charge in [0.15, 0.2) is 0 Å². The monoisotopic (exact) mass is 543 g/mol. The normalized spacial score (nSPS) is 17.4. The largest absolute Gasteiger partial charge is 0.480 e. The van der Waals surface area contributed by atoms with E-state index in [1.165, 1.54) is 6.07 Å². The van der Waals surface area contributed by atoms with Crippen molar-refractivity contribution in [2.24, 2.45) is 0 Å². The quantitative estimate of drug-likeness (QED) is 0.390. The predicted octanol–water partition coefficient (Wildman–Crippen LogP) is 3.27. The number of carbonyl (C=O) groups excluding carboxylic acids is 1. The number of anilines is 1. The molecule has 198 valence electrons. The number of carboxylic acids is 1. The third-order valence-electron chi connectivity index (χ3n) is 7.32. The van der Waals surface area contributed by atoms with Crippen LogP contribution in [0.15, 0.2) is 71.6 Å². The average Bonchev–Trinajstić information content (AvgIpc) is 3.60. The van der Waals surface area contributed by atoms with Crippen molar-refractivity contribution in [1.29, 1.82) is 0 Å². The first-order chi connectivity index (χ1) is 18.7. The summed E-state index contributed by atoms with van der Waals surface area (Å²) < 4.78 is 28.4. The fourth-order valence-electron chi connectivity index (χ4n) is 5.43. The van der Waals surface area contributed by atoms with Gasteiger partial charge in [0.1, 0.15) is 11.7 Å². The molecule has 0 aliphatic carbocycles. The summed E-state index contributed by atoms with van der Waals surface area (Å²) in [5, 5.41) is 10.0. The number of amides is 1. The Hall–Kier alpha value is -4.35. The molecule has 10 nitrogen and oxygen atoms in total. The molecule has 39 heavy (non-hydrogen) atoms. The van der Waals surface area contributed by atoms with Crippen LogP contribution in [0.1, 0.15) is 34.5 Å². The molecule has 0 radical (unpaired) electrons. The van der Waals surface area contributed by atoms with Crippen LogP contribution in [0.5, 0.6) is 0 Å². The molecule has 3 aromatic carbocycles. The van der Waals surface area contributed by atoms with Gasteiger partial charge in [-0.3, -0.25) is 9.59 Å². The van der Waals surface area contributed by atoms with Crippen molar-refractivity contribution in [2.45, 2.75) is 36.9 Å². The standard InChI is InChI=1S/C28H25N5O5S/c29-28-30-22-12-11-17(14-21(22)25(31-28)26(34)32-15-18-6-1-2-7-19(18)16-32)20-8-3-4-10-24(20)39(37,38)33-13-5-9-23(33)27(35)36/h1-4,6-8,10-12,14,23H,5,9,13,15-16H2,(H,35,36)(H2,29,30,31)/t23-/m0/s1. The van der Waals surface area contributed by atoms with Crippen molar-refractivity contribution < 1.29 is 23.1 Å². The van der Waals surface area contributed by atoms with Gasteiger partial charge in [-0.2, -0.15) is 4.31 Å². The SMILES string of the molecule is Nc1nc(C(=O)N2Cc3ccccc3C2)c2cc(-c3ccccc3S(=O)(=O)N3CCC[C@H]3C(=O)O)ccc2n1. The first kappa shape index (κ1) is 25.0. The summed E-state index contributed by atoms with van der Waals surface area (Å²) in [6.07, 6.45) is 0.732. The summed E-state index contributed by atoms with van der Waals surface area (Å²) in [5.74, 6) is -1.50. The van der Waals surface area contributed by atoms with E-state index < -0.39 is 22.0 Å². The Kier molecular flexibility index (Phi) is 6.04. The number of fused-ring (bicyclic) bond motifs is 2. The lowest BCUT2D eigenvalue weighted by Gasteiger charge is -2.22. The molecular formula is C28H25N5O5S. The predicted molar refractivity (Wildman–Crippen MR) is 144 cm³/mol. The minimum atomic E-state index is -4.12. The van der Waals surface area contributed by atoms with Gasteiger partial charge in [0.05, 0.1) is 10.4 Å². The molecule has 3 N–H and O–H groups in total. The molecule has 1 fully saturated rings. The van der Waals surface area contributed by atoms with E-state index in [1.807, 2.05) is 24.3 Å². The second-order valence-electron chi connectivity index (χ2n) is 9.70. The van der Waals surface area contributed by atoms with Crippen LogP contribution in [-0.4, -0.2) is 57.2 Å². The van der Waals surface area contributed by atoms with Gasteiger partial charge in [-0.1, -0.05) is 48.5 Å². The van der Waals surface area contributed by atoms with Crippen LogP contribution in [0.4, 0.5) is 5.95 Å². The molecular weight excluding hydrogens is 518 g/mol. The highest BCUT2D eigenvalue weighted by atomic mass is 32.2. The van der Waals surface area contributed by atoms with Crippen molar-refractivity contribution >= 4 is 38.8 Å². The van der Waals surface area contributed by atoms with Crippen molar-refractivity contribution in [2.75, 3.05) is 12.3 Å². The molecule has 2 aliphatic heterocycles. The Bertz CT molecular complexity index is 1730. The highest BCUT2D eigenvalue weighted by Crippen LogP contribution is 2.35. The van der Waals surface area contributed by atoms with Gasteiger partial charge in [0.2, 0.25) is 16.0 Å². The number of nitrogens with two attached hydrogens (primary N) is 1.